The number of carbonyl (C=O) groups is 2. The Labute approximate surface area is 141 Å². The zero-order valence-electron chi connectivity index (χ0n) is 13.3. The third kappa shape index (κ3) is 2.60. The molecule has 2 aromatic rings. The highest BCUT2D eigenvalue weighted by Gasteiger charge is 2.46. The van der Waals surface area contributed by atoms with E-state index in [0.717, 1.165) is 12.1 Å². The lowest BCUT2D eigenvalue weighted by molar-refractivity contribution is -0.140. The van der Waals surface area contributed by atoms with Gasteiger partial charge in [0.15, 0.2) is 0 Å². The topological polar surface area (TPSA) is 40.6 Å². The van der Waals surface area contributed by atoms with Gasteiger partial charge in [0.1, 0.15) is 0 Å². The van der Waals surface area contributed by atoms with Crippen LogP contribution in [0.2, 0.25) is 0 Å². The first-order valence-corrected chi connectivity index (χ1v) is 8.12. The summed E-state index contributed by atoms with van der Waals surface area (Å²) in [7, 11) is 0. The second-order valence-electron chi connectivity index (χ2n) is 6.27. The van der Waals surface area contributed by atoms with Gasteiger partial charge in [-0.15, -0.1) is 0 Å². The second kappa shape index (κ2) is 5.96. The van der Waals surface area contributed by atoms with Gasteiger partial charge in [-0.1, -0.05) is 60.7 Å². The molecule has 0 aliphatic carbocycles. The molecule has 0 saturated carbocycles. The van der Waals surface area contributed by atoms with Gasteiger partial charge in [0, 0.05) is 24.9 Å². The molecule has 2 aliphatic heterocycles. The highest BCUT2D eigenvalue weighted by Crippen LogP contribution is 2.33. The van der Waals surface area contributed by atoms with Gasteiger partial charge in [-0.25, -0.2) is 0 Å². The van der Waals surface area contributed by atoms with Crippen LogP contribution in [0, 0.1) is 5.92 Å². The molecule has 4 heteroatoms. The third-order valence-corrected chi connectivity index (χ3v) is 4.58. The van der Waals surface area contributed by atoms with Crippen LogP contribution < -0.4 is 0 Å². The molecule has 2 heterocycles. The molecule has 120 valence electrons. The van der Waals surface area contributed by atoms with E-state index in [2.05, 4.69) is 17.0 Å². The minimum absolute atomic E-state index is 0.0781. The summed E-state index contributed by atoms with van der Waals surface area (Å²) in [6, 6.07) is 19.7. The van der Waals surface area contributed by atoms with Crippen molar-refractivity contribution in [1.82, 2.24) is 9.80 Å². The van der Waals surface area contributed by atoms with Crippen LogP contribution in [-0.2, 0) is 22.7 Å². The van der Waals surface area contributed by atoms with Crippen LogP contribution in [0.4, 0.5) is 0 Å². The van der Waals surface area contributed by atoms with Crippen LogP contribution in [0.3, 0.4) is 0 Å². The summed E-state index contributed by atoms with van der Waals surface area (Å²) in [5.41, 5.74) is 2.78. The minimum atomic E-state index is -0.315. The Morgan fingerprint density at radius 1 is 0.833 bits per heavy atom. The Kier molecular flexibility index (Phi) is 3.65. The largest absolute Gasteiger partial charge is 0.371 e. The summed E-state index contributed by atoms with van der Waals surface area (Å²) in [4.78, 5) is 28.7. The molecule has 1 fully saturated rings. The molecule has 1 saturated heterocycles. The van der Waals surface area contributed by atoms with Crippen molar-refractivity contribution in [2.45, 2.75) is 13.1 Å². The van der Waals surface area contributed by atoms with E-state index in [0.29, 0.717) is 18.7 Å². The number of imide groups is 1. The number of likely N-dealkylation sites (tertiary alicyclic amines) is 1. The Morgan fingerprint density at radius 2 is 1.42 bits per heavy atom. The molecule has 4 nitrogen and oxygen atoms in total. The Bertz CT molecular complexity index is 799. The van der Waals surface area contributed by atoms with E-state index in [1.54, 1.807) is 0 Å². The van der Waals surface area contributed by atoms with Crippen LogP contribution in [0.1, 0.15) is 11.1 Å². The average molecular weight is 318 g/mol. The predicted octanol–water partition coefficient (Wildman–Crippen LogP) is 2.57. The van der Waals surface area contributed by atoms with E-state index >= 15 is 0 Å². The van der Waals surface area contributed by atoms with Crippen LogP contribution in [-0.4, -0.2) is 28.2 Å². The van der Waals surface area contributed by atoms with Gasteiger partial charge in [-0.3, -0.25) is 14.5 Å². The molecule has 0 aromatic heterocycles. The molecule has 0 spiro atoms. The Morgan fingerprint density at radius 3 is 2.00 bits per heavy atom. The monoisotopic (exact) mass is 318 g/mol. The van der Waals surface area contributed by atoms with E-state index in [-0.39, 0.29) is 17.7 Å². The molecule has 0 radical (unpaired) electrons. The number of carbonyl (C=O) groups excluding carboxylic acids is 2. The van der Waals surface area contributed by atoms with Gasteiger partial charge in [0.25, 0.3) is 5.91 Å². The molecule has 0 bridgehead atoms. The molecule has 2 aromatic carbocycles. The summed E-state index contributed by atoms with van der Waals surface area (Å²) < 4.78 is 0. The van der Waals surface area contributed by atoms with Crippen molar-refractivity contribution in [2.24, 2.45) is 5.92 Å². The number of rotatable bonds is 4. The van der Waals surface area contributed by atoms with Crippen molar-refractivity contribution >= 4 is 11.8 Å². The van der Waals surface area contributed by atoms with Crippen LogP contribution in [0.5, 0.6) is 0 Å². The average Bonchev–Trinajstić information content (AvgIpc) is 3.12. The fourth-order valence-corrected chi connectivity index (χ4v) is 3.38. The van der Waals surface area contributed by atoms with Crippen LogP contribution in [0.25, 0.3) is 0 Å². The van der Waals surface area contributed by atoms with Crippen molar-refractivity contribution < 1.29 is 9.59 Å². The summed E-state index contributed by atoms with van der Waals surface area (Å²) in [6.07, 6.45) is 1.86. The molecule has 2 aliphatic rings. The summed E-state index contributed by atoms with van der Waals surface area (Å²) >= 11 is 0. The molecule has 2 amide bonds. The maximum Gasteiger partial charge on any atom is 0.259 e. The van der Waals surface area contributed by atoms with E-state index in [1.165, 1.54) is 10.5 Å². The first-order valence-electron chi connectivity index (χ1n) is 8.12. The molecule has 1 unspecified atom stereocenters. The smallest absolute Gasteiger partial charge is 0.259 e. The second-order valence-corrected chi connectivity index (χ2v) is 6.27. The lowest BCUT2D eigenvalue weighted by atomic mass is 10.1. The maximum atomic E-state index is 12.6. The highest BCUT2D eigenvalue weighted by molar-refractivity contribution is 6.15. The lowest BCUT2D eigenvalue weighted by Gasteiger charge is -2.20. The number of nitrogens with zero attached hydrogens (tertiary/aromatic N) is 2. The normalized spacial score (nSPS) is 19.7. The van der Waals surface area contributed by atoms with E-state index in [9.17, 15) is 9.59 Å². The van der Waals surface area contributed by atoms with Gasteiger partial charge in [-0.05, 0) is 11.1 Å². The summed E-state index contributed by atoms with van der Waals surface area (Å²) in [5.74, 6) is -0.542. The van der Waals surface area contributed by atoms with Crippen molar-refractivity contribution in [2.75, 3.05) is 6.54 Å². The highest BCUT2D eigenvalue weighted by atomic mass is 16.2. The number of fused-ring (bicyclic) bond motifs is 1. The standard InChI is InChI=1S/C20H18N2O2/c23-19-17-13-21(11-15-7-3-1-4-8-15)14-18(17)20(24)22(19)12-16-9-5-2-6-10-16/h1-10,13,18H,11-12,14H2. The zero-order chi connectivity index (χ0) is 16.5. The van der Waals surface area contributed by atoms with Gasteiger partial charge in [0.05, 0.1) is 12.5 Å². The lowest BCUT2D eigenvalue weighted by Crippen LogP contribution is -2.33. The van der Waals surface area contributed by atoms with Crippen molar-refractivity contribution in [3.63, 3.8) is 0 Å². The summed E-state index contributed by atoms with van der Waals surface area (Å²) in [5, 5.41) is 0. The Hall–Kier alpha value is -2.88. The fraction of sp³-hybridized carbons (Fsp3) is 0.200. The SMILES string of the molecule is O=C1C2=CN(Cc3ccccc3)CC2C(=O)N1Cc1ccccc1. The molecular weight excluding hydrogens is 300 g/mol. The molecule has 1 atom stereocenters. The van der Waals surface area contributed by atoms with Crippen LogP contribution in [0.15, 0.2) is 72.4 Å². The number of benzene rings is 2. The maximum absolute atomic E-state index is 12.6. The zero-order valence-corrected chi connectivity index (χ0v) is 13.3. The first-order chi connectivity index (χ1) is 11.7. The third-order valence-electron chi connectivity index (χ3n) is 4.58. The number of hydrogen-bond acceptors (Lipinski definition) is 3. The fourth-order valence-electron chi connectivity index (χ4n) is 3.38. The number of hydrogen-bond donors (Lipinski definition) is 0. The quantitative estimate of drug-likeness (QED) is 0.814. The minimum Gasteiger partial charge on any atom is -0.371 e. The van der Waals surface area contributed by atoms with E-state index in [4.69, 9.17) is 0 Å². The Balaban J connectivity index is 1.50. The van der Waals surface area contributed by atoms with Crippen molar-refractivity contribution in [3.05, 3.63) is 83.6 Å². The first kappa shape index (κ1) is 14.7. The van der Waals surface area contributed by atoms with E-state index in [1.807, 2.05) is 54.7 Å². The molecule has 0 N–H and O–H groups in total. The van der Waals surface area contributed by atoms with Crippen molar-refractivity contribution in [1.29, 1.82) is 0 Å². The number of amides is 2. The van der Waals surface area contributed by atoms with Gasteiger partial charge < -0.3 is 4.90 Å². The van der Waals surface area contributed by atoms with E-state index < -0.39 is 0 Å². The van der Waals surface area contributed by atoms with Crippen LogP contribution >= 0.6 is 0 Å². The molecular formula is C20H18N2O2. The summed E-state index contributed by atoms with van der Waals surface area (Å²) in [6.45, 7) is 1.66. The molecule has 4 rings (SSSR count). The van der Waals surface area contributed by atoms with Crippen molar-refractivity contribution in [3.8, 4) is 0 Å². The predicted molar refractivity (Wildman–Crippen MR) is 90.4 cm³/mol. The molecule has 24 heavy (non-hydrogen) atoms. The van der Waals surface area contributed by atoms with Gasteiger partial charge >= 0.3 is 0 Å². The van der Waals surface area contributed by atoms with Gasteiger partial charge in [0.2, 0.25) is 5.91 Å². The van der Waals surface area contributed by atoms with Gasteiger partial charge in [-0.2, -0.15) is 0 Å².